The summed E-state index contributed by atoms with van der Waals surface area (Å²) in [6, 6.07) is 7.68. The van der Waals surface area contributed by atoms with Crippen LogP contribution in [0.5, 0.6) is 0 Å². The van der Waals surface area contributed by atoms with E-state index in [1.54, 1.807) is 11.9 Å². The molecule has 146 valence electrons. The minimum absolute atomic E-state index is 0. The highest BCUT2D eigenvalue weighted by atomic mass is 35.5. The third-order valence-electron chi connectivity index (χ3n) is 5.03. The lowest BCUT2D eigenvalue weighted by atomic mass is 9.84. The van der Waals surface area contributed by atoms with Crippen LogP contribution in [0.25, 0.3) is 0 Å². The maximum absolute atomic E-state index is 12.5. The normalized spacial score (nSPS) is 19.6. The molecule has 1 aliphatic rings. The highest BCUT2D eigenvalue weighted by Gasteiger charge is 2.25. The number of hydrogen-bond donors (Lipinski definition) is 2. The van der Waals surface area contributed by atoms with Gasteiger partial charge in [0, 0.05) is 31.1 Å². The standard InChI is InChI=1S/C20H31N3O2.ClH/c1-14(2)20(25)23(3)13-15-8-10-16(11-9-15)19(24)22-18-7-5-4-6-17(18)12-21;/h8-11,14,17-18H,4-7,12-13,21H2,1-3H3,(H,22,24);1H. The van der Waals surface area contributed by atoms with Gasteiger partial charge in [0.05, 0.1) is 0 Å². The lowest BCUT2D eigenvalue weighted by Crippen LogP contribution is -2.44. The van der Waals surface area contributed by atoms with Gasteiger partial charge in [0.15, 0.2) is 0 Å². The summed E-state index contributed by atoms with van der Waals surface area (Å²) in [6.45, 7) is 4.97. The molecule has 2 amide bonds. The number of amides is 2. The Hall–Kier alpha value is -1.59. The third kappa shape index (κ3) is 5.99. The van der Waals surface area contributed by atoms with Gasteiger partial charge in [-0.3, -0.25) is 9.59 Å². The summed E-state index contributed by atoms with van der Waals surface area (Å²) in [4.78, 5) is 26.2. The first kappa shape index (κ1) is 22.5. The van der Waals surface area contributed by atoms with Crippen LogP contribution in [0.2, 0.25) is 0 Å². The summed E-state index contributed by atoms with van der Waals surface area (Å²) in [7, 11) is 1.80. The van der Waals surface area contributed by atoms with Crippen LogP contribution in [-0.4, -0.2) is 36.3 Å². The second kappa shape index (κ2) is 10.5. The molecule has 1 aliphatic carbocycles. The molecular weight excluding hydrogens is 350 g/mol. The van der Waals surface area contributed by atoms with Crippen LogP contribution in [0.15, 0.2) is 24.3 Å². The van der Waals surface area contributed by atoms with Crippen LogP contribution in [0.1, 0.15) is 55.5 Å². The molecule has 1 aromatic carbocycles. The summed E-state index contributed by atoms with van der Waals surface area (Å²) in [5.74, 6) is 0.448. The number of halogens is 1. The Kier molecular flexibility index (Phi) is 9.09. The van der Waals surface area contributed by atoms with Gasteiger partial charge in [-0.05, 0) is 43.0 Å². The number of hydrogen-bond acceptors (Lipinski definition) is 3. The van der Waals surface area contributed by atoms with Crippen molar-refractivity contribution in [3.63, 3.8) is 0 Å². The number of nitrogens with two attached hydrogens (primary N) is 1. The van der Waals surface area contributed by atoms with E-state index < -0.39 is 0 Å². The van der Waals surface area contributed by atoms with Crippen molar-refractivity contribution in [2.24, 2.45) is 17.6 Å². The topological polar surface area (TPSA) is 75.4 Å². The van der Waals surface area contributed by atoms with Crippen molar-refractivity contribution in [3.8, 4) is 0 Å². The van der Waals surface area contributed by atoms with Crippen molar-refractivity contribution >= 4 is 24.2 Å². The molecule has 5 nitrogen and oxygen atoms in total. The fraction of sp³-hybridized carbons (Fsp3) is 0.600. The van der Waals surface area contributed by atoms with Crippen molar-refractivity contribution in [2.75, 3.05) is 13.6 Å². The number of benzene rings is 1. The van der Waals surface area contributed by atoms with E-state index in [1.165, 1.54) is 6.42 Å². The summed E-state index contributed by atoms with van der Waals surface area (Å²) in [5.41, 5.74) is 7.51. The van der Waals surface area contributed by atoms with Crippen molar-refractivity contribution in [1.29, 1.82) is 0 Å². The Morgan fingerprint density at radius 2 is 1.81 bits per heavy atom. The van der Waals surface area contributed by atoms with Crippen molar-refractivity contribution in [3.05, 3.63) is 35.4 Å². The maximum atomic E-state index is 12.5. The lowest BCUT2D eigenvalue weighted by Gasteiger charge is -2.31. The summed E-state index contributed by atoms with van der Waals surface area (Å²) >= 11 is 0. The number of carbonyl (C=O) groups excluding carboxylic acids is 2. The molecule has 26 heavy (non-hydrogen) atoms. The van der Waals surface area contributed by atoms with Gasteiger partial charge >= 0.3 is 0 Å². The van der Waals surface area contributed by atoms with Crippen molar-refractivity contribution < 1.29 is 9.59 Å². The predicted molar refractivity (Wildman–Crippen MR) is 107 cm³/mol. The molecular formula is C20H32ClN3O2. The van der Waals surface area contributed by atoms with Crippen LogP contribution >= 0.6 is 12.4 Å². The van der Waals surface area contributed by atoms with E-state index in [1.807, 2.05) is 38.1 Å². The first-order valence-corrected chi connectivity index (χ1v) is 9.27. The molecule has 1 saturated carbocycles. The number of nitrogens with one attached hydrogen (secondary N) is 1. The Labute approximate surface area is 163 Å². The second-order valence-corrected chi connectivity index (χ2v) is 7.41. The Morgan fingerprint density at radius 3 is 2.38 bits per heavy atom. The summed E-state index contributed by atoms with van der Waals surface area (Å²) in [6.07, 6.45) is 4.45. The van der Waals surface area contributed by atoms with Gasteiger partial charge in [-0.25, -0.2) is 0 Å². The zero-order valence-corrected chi connectivity index (χ0v) is 16.8. The fourth-order valence-electron chi connectivity index (χ4n) is 3.49. The molecule has 3 N–H and O–H groups in total. The van der Waals surface area contributed by atoms with Crippen LogP contribution in [0.3, 0.4) is 0 Å². The van der Waals surface area contributed by atoms with Crippen LogP contribution in [0, 0.1) is 11.8 Å². The zero-order valence-electron chi connectivity index (χ0n) is 16.0. The average Bonchev–Trinajstić information content (AvgIpc) is 2.61. The molecule has 0 radical (unpaired) electrons. The minimum atomic E-state index is -0.0384. The molecule has 0 aromatic heterocycles. The molecule has 0 spiro atoms. The van der Waals surface area contributed by atoms with Crippen molar-refractivity contribution in [1.82, 2.24) is 10.2 Å². The molecule has 6 heteroatoms. The highest BCUT2D eigenvalue weighted by molar-refractivity contribution is 5.94. The van der Waals surface area contributed by atoms with Gasteiger partial charge in [-0.2, -0.15) is 0 Å². The van der Waals surface area contributed by atoms with Gasteiger partial charge in [-0.15, -0.1) is 12.4 Å². The monoisotopic (exact) mass is 381 g/mol. The average molecular weight is 382 g/mol. The molecule has 2 atom stereocenters. The van der Waals surface area contributed by atoms with E-state index in [0.717, 1.165) is 24.8 Å². The highest BCUT2D eigenvalue weighted by Crippen LogP contribution is 2.23. The zero-order chi connectivity index (χ0) is 18.4. The van der Waals surface area contributed by atoms with Gasteiger partial charge in [0.2, 0.25) is 5.91 Å². The summed E-state index contributed by atoms with van der Waals surface area (Å²) in [5, 5.41) is 3.15. The fourth-order valence-corrected chi connectivity index (χ4v) is 3.49. The van der Waals surface area contributed by atoms with E-state index in [4.69, 9.17) is 5.73 Å². The SMILES string of the molecule is CC(C)C(=O)N(C)Cc1ccc(C(=O)NC2CCCCC2CN)cc1.Cl. The van der Waals surface area contributed by atoms with Crippen LogP contribution < -0.4 is 11.1 Å². The van der Waals surface area contributed by atoms with E-state index in [9.17, 15) is 9.59 Å². The van der Waals surface area contributed by atoms with E-state index in [0.29, 0.717) is 24.6 Å². The second-order valence-electron chi connectivity index (χ2n) is 7.41. The summed E-state index contributed by atoms with van der Waals surface area (Å²) < 4.78 is 0. The minimum Gasteiger partial charge on any atom is -0.349 e. The lowest BCUT2D eigenvalue weighted by molar-refractivity contribution is -0.133. The number of carbonyl (C=O) groups is 2. The van der Waals surface area contributed by atoms with Crippen LogP contribution in [0.4, 0.5) is 0 Å². The molecule has 0 bridgehead atoms. The smallest absolute Gasteiger partial charge is 0.251 e. The molecule has 0 aliphatic heterocycles. The Balaban J connectivity index is 0.00000338. The van der Waals surface area contributed by atoms with Gasteiger partial charge in [0.25, 0.3) is 5.91 Å². The number of nitrogens with zero attached hydrogens (tertiary/aromatic N) is 1. The molecule has 0 heterocycles. The molecule has 0 saturated heterocycles. The van der Waals surface area contributed by atoms with E-state index >= 15 is 0 Å². The van der Waals surface area contributed by atoms with E-state index in [-0.39, 0.29) is 36.2 Å². The molecule has 1 aromatic rings. The Bertz CT molecular complexity index is 589. The van der Waals surface area contributed by atoms with E-state index in [2.05, 4.69) is 5.32 Å². The molecule has 1 fully saturated rings. The Morgan fingerprint density at radius 1 is 1.19 bits per heavy atom. The first-order chi connectivity index (χ1) is 11.9. The largest absolute Gasteiger partial charge is 0.349 e. The quantitative estimate of drug-likeness (QED) is 0.795. The van der Waals surface area contributed by atoms with Gasteiger partial charge in [0.1, 0.15) is 0 Å². The third-order valence-corrected chi connectivity index (χ3v) is 5.03. The molecule has 2 unspecified atom stereocenters. The first-order valence-electron chi connectivity index (χ1n) is 9.27. The van der Waals surface area contributed by atoms with Gasteiger partial charge < -0.3 is 16.0 Å². The number of rotatable bonds is 6. The predicted octanol–water partition coefficient (Wildman–Crippen LogP) is 2.97. The van der Waals surface area contributed by atoms with Crippen LogP contribution in [-0.2, 0) is 11.3 Å². The molecule has 2 rings (SSSR count). The maximum Gasteiger partial charge on any atom is 0.251 e. The van der Waals surface area contributed by atoms with Crippen molar-refractivity contribution in [2.45, 2.75) is 52.1 Å². The van der Waals surface area contributed by atoms with Gasteiger partial charge in [-0.1, -0.05) is 38.8 Å².